The summed E-state index contributed by atoms with van der Waals surface area (Å²) in [7, 11) is 0. The maximum absolute atomic E-state index is 14.8. The Morgan fingerprint density at radius 2 is 1.48 bits per heavy atom. The summed E-state index contributed by atoms with van der Waals surface area (Å²) in [6.07, 6.45) is -0.316. The number of aliphatic imine (C=N–C) groups is 1. The summed E-state index contributed by atoms with van der Waals surface area (Å²) in [6, 6.07) is 8.16. The Morgan fingerprint density at radius 3 is 2.10 bits per heavy atom. The highest BCUT2D eigenvalue weighted by molar-refractivity contribution is 6.09. The molecule has 3 nitrogen and oxygen atoms in total. The quantitative estimate of drug-likeness (QED) is 0.469. The van der Waals surface area contributed by atoms with Crippen molar-refractivity contribution in [2.45, 2.75) is 6.42 Å². The van der Waals surface area contributed by atoms with Gasteiger partial charge in [0.25, 0.3) is 0 Å². The lowest BCUT2D eigenvalue weighted by molar-refractivity contribution is 0.0696. The normalized spacial score (nSPS) is 12.7. The average Bonchev–Trinajstić information content (AvgIpc) is 3.10. The van der Waals surface area contributed by atoms with E-state index in [4.69, 9.17) is 0 Å². The van der Waals surface area contributed by atoms with Gasteiger partial charge >= 0.3 is 5.97 Å². The van der Waals surface area contributed by atoms with Gasteiger partial charge in [0.05, 0.1) is 28.1 Å². The summed E-state index contributed by atoms with van der Waals surface area (Å²) in [5.74, 6) is -8.86. The molecule has 1 aliphatic rings. The number of rotatable bonds is 3. The van der Waals surface area contributed by atoms with Crippen LogP contribution >= 0.6 is 0 Å². The average molecular weight is 403 g/mol. The molecule has 1 aliphatic heterocycles. The first kappa shape index (κ1) is 18.8. The second-order valence-corrected chi connectivity index (χ2v) is 6.36. The third-order valence-corrected chi connectivity index (χ3v) is 4.65. The van der Waals surface area contributed by atoms with Crippen LogP contribution < -0.4 is 0 Å². The predicted octanol–water partition coefficient (Wildman–Crippen LogP) is 5.42. The molecule has 8 heteroatoms. The Morgan fingerprint density at radius 1 is 0.862 bits per heavy atom. The molecule has 4 rings (SSSR count). The Hall–Kier alpha value is -3.55. The van der Waals surface area contributed by atoms with Crippen molar-refractivity contribution in [2.24, 2.45) is 4.99 Å². The molecule has 29 heavy (non-hydrogen) atoms. The van der Waals surface area contributed by atoms with Gasteiger partial charge in [-0.25, -0.2) is 26.7 Å². The van der Waals surface area contributed by atoms with Crippen molar-refractivity contribution in [2.75, 3.05) is 0 Å². The second-order valence-electron chi connectivity index (χ2n) is 6.36. The number of carboxylic acid groups (broad SMARTS) is 1. The maximum atomic E-state index is 14.8. The Bertz CT molecular complexity index is 1190. The third kappa shape index (κ3) is 2.97. The number of halogens is 5. The second kappa shape index (κ2) is 6.80. The highest BCUT2D eigenvalue weighted by Gasteiger charge is 2.32. The summed E-state index contributed by atoms with van der Waals surface area (Å²) in [5.41, 5.74) is -2.56. The van der Waals surface area contributed by atoms with Crippen LogP contribution in [0.4, 0.5) is 27.6 Å². The van der Waals surface area contributed by atoms with Crippen LogP contribution in [0.1, 0.15) is 21.5 Å². The summed E-state index contributed by atoms with van der Waals surface area (Å²) >= 11 is 0. The number of carbonyl (C=O) groups is 1. The van der Waals surface area contributed by atoms with Gasteiger partial charge in [0, 0.05) is 6.42 Å². The zero-order chi connectivity index (χ0) is 20.9. The first-order valence-electron chi connectivity index (χ1n) is 8.34. The molecular formula is C21H10F5NO2. The van der Waals surface area contributed by atoms with Crippen molar-refractivity contribution >= 4 is 17.4 Å². The smallest absolute Gasteiger partial charge is 0.336 e. The van der Waals surface area contributed by atoms with E-state index < -0.39 is 46.2 Å². The Kier molecular flexibility index (Phi) is 4.41. The molecule has 0 aromatic heterocycles. The fourth-order valence-electron chi connectivity index (χ4n) is 3.34. The minimum Gasteiger partial charge on any atom is -0.478 e. The van der Waals surface area contributed by atoms with Crippen LogP contribution in [-0.2, 0) is 6.42 Å². The van der Waals surface area contributed by atoms with E-state index in [1.807, 2.05) is 0 Å². The van der Waals surface area contributed by atoms with Crippen LogP contribution in [0.3, 0.4) is 0 Å². The Labute approximate surface area is 160 Å². The number of aromatic carboxylic acids is 1. The molecule has 0 saturated heterocycles. The molecule has 3 aromatic rings. The molecule has 3 aromatic carbocycles. The predicted molar refractivity (Wildman–Crippen MR) is 95.0 cm³/mol. The van der Waals surface area contributed by atoms with Crippen molar-refractivity contribution in [3.8, 4) is 11.1 Å². The summed E-state index contributed by atoms with van der Waals surface area (Å²) in [6.45, 7) is 0. The lowest BCUT2D eigenvalue weighted by atomic mass is 9.96. The van der Waals surface area contributed by atoms with Gasteiger partial charge in [0.1, 0.15) is 5.82 Å². The van der Waals surface area contributed by atoms with Gasteiger partial charge in [-0.3, -0.25) is 4.99 Å². The minimum atomic E-state index is -1.69. The van der Waals surface area contributed by atoms with Gasteiger partial charge in [0.15, 0.2) is 23.3 Å². The molecule has 146 valence electrons. The van der Waals surface area contributed by atoms with Crippen LogP contribution in [0, 0.1) is 29.1 Å². The van der Waals surface area contributed by atoms with Crippen molar-refractivity contribution in [1.82, 2.24) is 0 Å². The number of fused-ring (bicyclic) bond motifs is 1. The number of hydrogen-bond donors (Lipinski definition) is 1. The van der Waals surface area contributed by atoms with E-state index in [0.717, 1.165) is 24.3 Å². The number of benzene rings is 3. The minimum absolute atomic E-state index is 0.126. The molecular weight excluding hydrogens is 393 g/mol. The first-order valence-corrected chi connectivity index (χ1v) is 8.34. The zero-order valence-corrected chi connectivity index (χ0v) is 14.4. The van der Waals surface area contributed by atoms with Gasteiger partial charge in [0.2, 0.25) is 0 Å². The van der Waals surface area contributed by atoms with Crippen molar-refractivity contribution in [1.29, 1.82) is 0 Å². The molecule has 0 aliphatic carbocycles. The molecule has 0 bridgehead atoms. The number of carboxylic acids is 1. The van der Waals surface area contributed by atoms with Crippen LogP contribution in [0.2, 0.25) is 0 Å². The third-order valence-electron chi connectivity index (χ3n) is 4.65. The van der Waals surface area contributed by atoms with Gasteiger partial charge in [-0.15, -0.1) is 0 Å². The zero-order valence-electron chi connectivity index (χ0n) is 14.4. The van der Waals surface area contributed by atoms with Gasteiger partial charge in [-0.05, 0) is 35.4 Å². The van der Waals surface area contributed by atoms with Crippen LogP contribution in [0.15, 0.2) is 47.5 Å². The summed E-state index contributed by atoms with van der Waals surface area (Å²) in [5, 5.41) is 9.24. The standard InChI is InChI=1S/C21H10F5NO2/c22-10-4-1-3-9(7-10)15-17(23)19(25)16(20(26)18(15)24)14-8-12-11(21(28)29)5-2-6-13(12)27-14/h1-7H,8H2,(H,28,29). The number of hydrogen-bond acceptors (Lipinski definition) is 2. The van der Waals surface area contributed by atoms with E-state index in [0.29, 0.717) is 0 Å². The Balaban J connectivity index is 1.87. The molecule has 1 N–H and O–H groups in total. The summed E-state index contributed by atoms with van der Waals surface area (Å²) in [4.78, 5) is 15.3. The highest BCUT2D eigenvalue weighted by atomic mass is 19.2. The molecule has 0 spiro atoms. The largest absolute Gasteiger partial charge is 0.478 e. The maximum Gasteiger partial charge on any atom is 0.336 e. The molecule has 0 unspecified atom stereocenters. The van der Waals surface area contributed by atoms with E-state index in [9.17, 15) is 31.9 Å². The fraction of sp³-hybridized carbons (Fsp3) is 0.0476. The molecule has 0 amide bonds. The number of nitrogens with zero attached hydrogens (tertiary/aromatic N) is 1. The van der Waals surface area contributed by atoms with Gasteiger partial charge in [-0.2, -0.15) is 0 Å². The van der Waals surface area contributed by atoms with E-state index in [1.165, 1.54) is 18.2 Å². The van der Waals surface area contributed by atoms with Crippen molar-refractivity contribution in [3.05, 3.63) is 88.2 Å². The molecule has 0 fully saturated rings. The molecule has 0 atom stereocenters. The van der Waals surface area contributed by atoms with E-state index in [2.05, 4.69) is 4.99 Å². The van der Waals surface area contributed by atoms with E-state index in [-0.39, 0.29) is 34.5 Å². The van der Waals surface area contributed by atoms with Crippen molar-refractivity contribution in [3.63, 3.8) is 0 Å². The molecule has 0 radical (unpaired) electrons. The molecule has 1 heterocycles. The van der Waals surface area contributed by atoms with Crippen LogP contribution in [0.25, 0.3) is 11.1 Å². The fourth-order valence-corrected chi connectivity index (χ4v) is 3.34. The SMILES string of the molecule is O=C(O)c1cccc2c1CC(c1c(F)c(F)c(-c3cccc(F)c3)c(F)c1F)=N2. The van der Waals surface area contributed by atoms with Crippen LogP contribution in [-0.4, -0.2) is 16.8 Å². The first-order chi connectivity index (χ1) is 13.8. The van der Waals surface area contributed by atoms with E-state index in [1.54, 1.807) is 0 Å². The monoisotopic (exact) mass is 403 g/mol. The lowest BCUT2D eigenvalue weighted by Gasteiger charge is -2.12. The van der Waals surface area contributed by atoms with Gasteiger partial charge < -0.3 is 5.11 Å². The highest BCUT2D eigenvalue weighted by Crippen LogP contribution is 2.37. The topological polar surface area (TPSA) is 49.7 Å². The van der Waals surface area contributed by atoms with Gasteiger partial charge in [-0.1, -0.05) is 18.2 Å². The molecule has 0 saturated carbocycles. The van der Waals surface area contributed by atoms with E-state index >= 15 is 0 Å². The van der Waals surface area contributed by atoms with Crippen molar-refractivity contribution < 1.29 is 31.9 Å². The lowest BCUT2D eigenvalue weighted by Crippen LogP contribution is -2.14. The summed E-state index contributed by atoms with van der Waals surface area (Å²) < 4.78 is 72.2. The van der Waals surface area contributed by atoms with Crippen LogP contribution in [0.5, 0.6) is 0 Å².